The quantitative estimate of drug-likeness (QED) is 0.123. The summed E-state index contributed by atoms with van der Waals surface area (Å²) in [5, 5.41) is 95.3. The smallest absolute Gasteiger partial charge is 0.111 e. The van der Waals surface area contributed by atoms with Crippen LogP contribution in [0.15, 0.2) is 0 Å². The van der Waals surface area contributed by atoms with Crippen molar-refractivity contribution in [3.63, 3.8) is 0 Å². The summed E-state index contributed by atoms with van der Waals surface area (Å²) in [6.45, 7) is -1.74. The van der Waals surface area contributed by atoms with Crippen molar-refractivity contribution >= 4 is 0 Å². The fourth-order valence-corrected chi connectivity index (χ4v) is 2.44. The Labute approximate surface area is 157 Å². The maximum atomic E-state index is 10.0. The van der Waals surface area contributed by atoms with E-state index < -0.39 is 62.0 Å². The van der Waals surface area contributed by atoms with Crippen LogP contribution in [0.2, 0.25) is 0 Å². The highest BCUT2D eigenvalue weighted by molar-refractivity contribution is 4.86. The van der Waals surface area contributed by atoms with E-state index in [1.807, 2.05) is 0 Å². The molecule has 0 aromatic carbocycles. The first kappa shape index (κ1) is 26.5. The molecule has 0 aliphatic heterocycles. The molecule has 0 saturated carbocycles. The Morgan fingerprint density at radius 2 is 0.926 bits per heavy atom. The molecule has 0 fully saturated rings. The van der Waals surface area contributed by atoms with Crippen molar-refractivity contribution in [1.29, 1.82) is 0 Å². The van der Waals surface area contributed by atoms with Gasteiger partial charge in [-0.25, -0.2) is 0 Å². The fourth-order valence-electron chi connectivity index (χ4n) is 2.44. The minimum atomic E-state index is -1.81. The molecule has 12 heteroatoms. The standard InChI is InChI=1S/C15H34N2O10/c16-2-1-3-17(4-8(20)12(24)14(26)10(22)6-18)5-9(21)13(25)15(27)11(23)7-19/h8-15,18-27H,1-7,16H2. The van der Waals surface area contributed by atoms with Gasteiger partial charge in [0.2, 0.25) is 0 Å². The molecule has 12 nitrogen and oxygen atoms in total. The molecule has 0 amide bonds. The second-order valence-corrected chi connectivity index (χ2v) is 6.50. The zero-order valence-electron chi connectivity index (χ0n) is 15.1. The average Bonchev–Trinajstić information content (AvgIpc) is 2.67. The highest BCUT2D eigenvalue weighted by Crippen LogP contribution is 2.11. The topological polar surface area (TPSA) is 232 Å². The van der Waals surface area contributed by atoms with E-state index in [9.17, 15) is 40.9 Å². The van der Waals surface area contributed by atoms with Gasteiger partial charge in [-0.1, -0.05) is 0 Å². The Hall–Kier alpha value is -0.480. The molecule has 0 rings (SSSR count). The molecule has 164 valence electrons. The molecular formula is C15H34N2O10. The Morgan fingerprint density at radius 3 is 1.22 bits per heavy atom. The van der Waals surface area contributed by atoms with Gasteiger partial charge in [-0.05, 0) is 19.5 Å². The summed E-state index contributed by atoms with van der Waals surface area (Å²) in [6, 6.07) is 0. The zero-order chi connectivity index (χ0) is 21.1. The third kappa shape index (κ3) is 9.04. The maximum absolute atomic E-state index is 10.0. The van der Waals surface area contributed by atoms with Crippen LogP contribution in [0.1, 0.15) is 6.42 Å². The van der Waals surface area contributed by atoms with Crippen LogP contribution in [0.4, 0.5) is 0 Å². The van der Waals surface area contributed by atoms with Crippen LogP contribution in [0, 0.1) is 0 Å². The van der Waals surface area contributed by atoms with Crippen LogP contribution in [-0.4, -0.2) is 144 Å². The molecule has 0 radical (unpaired) electrons. The van der Waals surface area contributed by atoms with Crippen LogP contribution >= 0.6 is 0 Å². The predicted molar refractivity (Wildman–Crippen MR) is 92.3 cm³/mol. The van der Waals surface area contributed by atoms with Gasteiger partial charge in [0.25, 0.3) is 0 Å². The summed E-state index contributed by atoms with van der Waals surface area (Å²) in [6.07, 6.45) is -13.2. The number of aliphatic hydroxyl groups is 10. The van der Waals surface area contributed by atoms with Gasteiger partial charge in [0.1, 0.15) is 36.6 Å². The van der Waals surface area contributed by atoms with Gasteiger partial charge in [-0.2, -0.15) is 0 Å². The summed E-state index contributed by atoms with van der Waals surface area (Å²) >= 11 is 0. The molecule has 0 aliphatic carbocycles. The Morgan fingerprint density at radius 1 is 0.593 bits per heavy atom. The highest BCUT2D eigenvalue weighted by Gasteiger charge is 2.34. The van der Waals surface area contributed by atoms with Crippen molar-refractivity contribution in [2.45, 2.75) is 55.3 Å². The summed E-state index contributed by atoms with van der Waals surface area (Å²) in [7, 11) is 0. The van der Waals surface area contributed by atoms with Crippen molar-refractivity contribution in [1.82, 2.24) is 4.90 Å². The minimum Gasteiger partial charge on any atom is -0.394 e. The lowest BCUT2D eigenvalue weighted by Crippen LogP contribution is -2.53. The van der Waals surface area contributed by atoms with E-state index in [4.69, 9.17) is 15.9 Å². The molecule has 0 bridgehead atoms. The van der Waals surface area contributed by atoms with E-state index >= 15 is 0 Å². The molecule has 8 atom stereocenters. The fraction of sp³-hybridized carbons (Fsp3) is 1.00. The molecule has 0 aromatic heterocycles. The number of rotatable bonds is 15. The average molecular weight is 402 g/mol. The van der Waals surface area contributed by atoms with Crippen molar-refractivity contribution in [2.24, 2.45) is 5.73 Å². The van der Waals surface area contributed by atoms with Crippen LogP contribution in [0.5, 0.6) is 0 Å². The predicted octanol–water partition coefficient (Wildman–Crippen LogP) is -6.49. The normalized spacial score (nSPS) is 21.3. The SMILES string of the molecule is NCCCN(CC(O)C(O)C(O)C(O)CO)CC(O)C(O)C(O)C(O)CO. The number of nitrogens with zero attached hydrogens (tertiary/aromatic N) is 1. The second-order valence-electron chi connectivity index (χ2n) is 6.50. The second kappa shape index (κ2) is 13.7. The molecule has 27 heavy (non-hydrogen) atoms. The third-order valence-corrected chi connectivity index (χ3v) is 4.22. The lowest BCUT2D eigenvalue weighted by Gasteiger charge is -2.33. The molecule has 0 aromatic rings. The number of aliphatic hydroxyl groups excluding tert-OH is 10. The van der Waals surface area contributed by atoms with Gasteiger partial charge in [0.15, 0.2) is 0 Å². The van der Waals surface area contributed by atoms with Crippen molar-refractivity contribution in [2.75, 3.05) is 39.4 Å². The number of nitrogens with two attached hydrogens (primary N) is 1. The molecule has 0 aliphatic rings. The molecule has 8 unspecified atom stereocenters. The Kier molecular flexibility index (Phi) is 13.4. The van der Waals surface area contributed by atoms with Gasteiger partial charge in [0, 0.05) is 13.1 Å². The van der Waals surface area contributed by atoms with E-state index in [2.05, 4.69) is 0 Å². The lowest BCUT2D eigenvalue weighted by atomic mass is 10.0. The number of hydrogen-bond acceptors (Lipinski definition) is 12. The maximum Gasteiger partial charge on any atom is 0.111 e. The van der Waals surface area contributed by atoms with E-state index in [1.54, 1.807) is 0 Å². The highest BCUT2D eigenvalue weighted by atomic mass is 16.4. The van der Waals surface area contributed by atoms with Crippen LogP contribution < -0.4 is 5.73 Å². The minimum absolute atomic E-state index is 0.224. The first-order valence-corrected chi connectivity index (χ1v) is 8.69. The van der Waals surface area contributed by atoms with E-state index in [0.29, 0.717) is 6.42 Å². The van der Waals surface area contributed by atoms with Crippen LogP contribution in [0.3, 0.4) is 0 Å². The number of hydrogen-bond donors (Lipinski definition) is 11. The lowest BCUT2D eigenvalue weighted by molar-refractivity contribution is -0.130. The Bertz CT molecular complexity index is 351. The summed E-state index contributed by atoms with van der Waals surface area (Å²) in [5.41, 5.74) is 5.42. The van der Waals surface area contributed by atoms with Gasteiger partial charge in [-0.15, -0.1) is 0 Å². The van der Waals surface area contributed by atoms with Crippen molar-refractivity contribution in [3.8, 4) is 0 Å². The molecule has 12 N–H and O–H groups in total. The van der Waals surface area contributed by atoms with Crippen LogP contribution in [0.25, 0.3) is 0 Å². The van der Waals surface area contributed by atoms with Crippen LogP contribution in [-0.2, 0) is 0 Å². The monoisotopic (exact) mass is 402 g/mol. The molecule has 0 heterocycles. The van der Waals surface area contributed by atoms with Gasteiger partial charge >= 0.3 is 0 Å². The first-order chi connectivity index (χ1) is 12.6. The zero-order valence-corrected chi connectivity index (χ0v) is 15.1. The van der Waals surface area contributed by atoms with E-state index in [1.165, 1.54) is 4.90 Å². The third-order valence-electron chi connectivity index (χ3n) is 4.22. The first-order valence-electron chi connectivity index (χ1n) is 8.69. The van der Waals surface area contributed by atoms with Gasteiger partial charge in [-0.3, -0.25) is 4.90 Å². The summed E-state index contributed by atoms with van der Waals surface area (Å²) in [5.74, 6) is 0. The molecule has 0 spiro atoms. The van der Waals surface area contributed by atoms with Gasteiger partial charge in [0.05, 0.1) is 25.4 Å². The van der Waals surface area contributed by atoms with Crippen molar-refractivity contribution in [3.05, 3.63) is 0 Å². The molecular weight excluding hydrogens is 368 g/mol. The summed E-state index contributed by atoms with van der Waals surface area (Å²) < 4.78 is 0. The van der Waals surface area contributed by atoms with E-state index in [0.717, 1.165) is 0 Å². The Balaban J connectivity index is 4.91. The van der Waals surface area contributed by atoms with Crippen molar-refractivity contribution < 1.29 is 51.1 Å². The molecule has 0 saturated heterocycles. The van der Waals surface area contributed by atoms with E-state index in [-0.39, 0.29) is 26.2 Å². The summed E-state index contributed by atoms with van der Waals surface area (Å²) in [4.78, 5) is 1.39. The van der Waals surface area contributed by atoms with Gasteiger partial charge < -0.3 is 56.8 Å². The largest absolute Gasteiger partial charge is 0.394 e.